The minimum absolute atomic E-state index is 0.0237. The van der Waals surface area contributed by atoms with E-state index < -0.39 is 0 Å². The van der Waals surface area contributed by atoms with Gasteiger partial charge in [0.25, 0.3) is 0 Å². The molecule has 72 valence electrons. The van der Waals surface area contributed by atoms with Crippen molar-refractivity contribution >= 4 is 7.92 Å². The molecule has 2 unspecified atom stereocenters. The first-order valence-corrected chi connectivity index (χ1v) is 6.65. The molecule has 0 bridgehead atoms. The van der Waals surface area contributed by atoms with Crippen LogP contribution in [0.4, 0.5) is 0 Å². The normalized spacial score (nSPS) is 16.7. The van der Waals surface area contributed by atoms with E-state index >= 15 is 0 Å². The summed E-state index contributed by atoms with van der Waals surface area (Å²) in [6.45, 7) is 18.0. The molecule has 0 aliphatic rings. The smallest absolute Gasteiger partial charge is 0.0180 e. The van der Waals surface area contributed by atoms with Crippen molar-refractivity contribution in [3.63, 3.8) is 0 Å². The Hall–Kier alpha value is 0.170. The van der Waals surface area contributed by atoms with E-state index in [-0.39, 0.29) is 7.92 Å². The molecule has 0 rings (SSSR count). The van der Waals surface area contributed by atoms with Crippen LogP contribution in [-0.4, -0.2) is 12.3 Å². The molecule has 0 aromatic heterocycles. The van der Waals surface area contributed by atoms with Crippen molar-refractivity contribution in [2.24, 2.45) is 11.8 Å². The van der Waals surface area contributed by atoms with Crippen LogP contribution in [0.5, 0.6) is 0 Å². The van der Waals surface area contributed by atoms with Gasteiger partial charge < -0.3 is 0 Å². The van der Waals surface area contributed by atoms with Gasteiger partial charge >= 0.3 is 0 Å². The molecule has 0 amide bonds. The van der Waals surface area contributed by atoms with Crippen LogP contribution in [0, 0.1) is 11.8 Å². The van der Waals surface area contributed by atoms with E-state index in [1.54, 1.807) is 0 Å². The van der Waals surface area contributed by atoms with Gasteiger partial charge in [0.15, 0.2) is 0 Å². The van der Waals surface area contributed by atoms with Crippen LogP contribution in [-0.2, 0) is 0 Å². The van der Waals surface area contributed by atoms with E-state index in [0.717, 1.165) is 11.6 Å². The zero-order chi connectivity index (χ0) is 9.89. The lowest BCUT2D eigenvalue weighted by molar-refractivity contribution is 0.633. The summed E-state index contributed by atoms with van der Waals surface area (Å²) in [6.07, 6.45) is 0. The summed E-state index contributed by atoms with van der Waals surface area (Å²) in [5, 5.41) is 1.46. The molecular formula is C11H23P. The Morgan fingerprint density at radius 2 is 1.50 bits per heavy atom. The van der Waals surface area contributed by atoms with Crippen LogP contribution in [0.3, 0.4) is 0 Å². The summed E-state index contributed by atoms with van der Waals surface area (Å²) in [5.41, 5.74) is 0.815. The van der Waals surface area contributed by atoms with Crippen LogP contribution < -0.4 is 0 Å². The van der Waals surface area contributed by atoms with Gasteiger partial charge in [-0.05, 0) is 24.2 Å². The summed E-state index contributed by atoms with van der Waals surface area (Å²) in [4.78, 5) is 0. The van der Waals surface area contributed by atoms with E-state index in [9.17, 15) is 0 Å². The van der Waals surface area contributed by atoms with Gasteiger partial charge in [-0.1, -0.05) is 54.4 Å². The molecule has 2 atom stereocenters. The van der Waals surface area contributed by atoms with Crippen molar-refractivity contribution in [2.75, 3.05) is 6.66 Å². The number of allylic oxidation sites excluding steroid dienone is 1. The third kappa shape index (κ3) is 3.27. The fourth-order valence-electron chi connectivity index (χ4n) is 1.12. The largest absolute Gasteiger partial charge is 0.0951 e. The molecule has 0 heterocycles. The average molecular weight is 186 g/mol. The lowest BCUT2D eigenvalue weighted by atomic mass is 10.1. The Morgan fingerprint density at radius 3 is 1.75 bits per heavy atom. The maximum Gasteiger partial charge on any atom is -0.0180 e. The maximum absolute atomic E-state index is 4.19. The molecule has 0 aliphatic heterocycles. The van der Waals surface area contributed by atoms with Crippen molar-refractivity contribution in [1.82, 2.24) is 0 Å². The van der Waals surface area contributed by atoms with Gasteiger partial charge in [0, 0.05) is 0 Å². The summed E-state index contributed by atoms with van der Waals surface area (Å²) >= 11 is 0. The fourth-order valence-corrected chi connectivity index (χ4v) is 3.35. The molecule has 0 fully saturated rings. The second kappa shape index (κ2) is 5.02. The highest BCUT2D eigenvalue weighted by Gasteiger charge is 2.19. The second-order valence-electron chi connectivity index (χ2n) is 4.24. The number of hydrogen-bond acceptors (Lipinski definition) is 0. The lowest BCUT2D eigenvalue weighted by Crippen LogP contribution is -2.10. The Kier molecular flexibility index (Phi) is 5.09. The minimum Gasteiger partial charge on any atom is -0.0951 e. The van der Waals surface area contributed by atoms with Gasteiger partial charge in [-0.3, -0.25) is 0 Å². The van der Waals surface area contributed by atoms with Crippen LogP contribution >= 0.6 is 7.92 Å². The molecular weight excluding hydrogens is 163 g/mol. The fraction of sp³-hybridized carbons (Fsp3) is 0.818. The molecule has 0 saturated heterocycles. The van der Waals surface area contributed by atoms with E-state index in [1.807, 2.05) is 0 Å². The molecule has 12 heavy (non-hydrogen) atoms. The molecule has 0 nitrogen and oxygen atoms in total. The van der Waals surface area contributed by atoms with Gasteiger partial charge in [0.2, 0.25) is 0 Å². The molecule has 0 saturated carbocycles. The van der Waals surface area contributed by atoms with Crippen LogP contribution in [0.2, 0.25) is 0 Å². The highest BCUT2D eigenvalue weighted by molar-refractivity contribution is 7.62. The predicted octanol–water partition coefficient (Wildman–Crippen LogP) is 4.31. The summed E-state index contributed by atoms with van der Waals surface area (Å²) in [6, 6.07) is 0. The van der Waals surface area contributed by atoms with Gasteiger partial charge in [-0.15, -0.1) is 0 Å². The Morgan fingerprint density at radius 1 is 1.08 bits per heavy atom. The zero-order valence-corrected chi connectivity index (χ0v) is 10.3. The molecule has 0 aromatic carbocycles. The lowest BCUT2D eigenvalue weighted by Gasteiger charge is -2.27. The van der Waals surface area contributed by atoms with Crippen LogP contribution in [0.25, 0.3) is 0 Å². The SMILES string of the molecule is C=C(C(C)C)P(C)C(C)C(C)C. The first-order chi connectivity index (χ1) is 5.37. The van der Waals surface area contributed by atoms with E-state index in [4.69, 9.17) is 0 Å². The topological polar surface area (TPSA) is 0 Å². The quantitative estimate of drug-likeness (QED) is 0.574. The standard InChI is InChI=1S/C11H23P/c1-8(2)10(5)12(7)11(6)9(3)4/h8-9,11H,5H2,1-4,6-7H3. The Balaban J connectivity index is 4.19. The minimum atomic E-state index is 0.0237. The zero-order valence-electron chi connectivity index (χ0n) is 9.39. The molecule has 0 N–H and O–H groups in total. The first kappa shape index (κ1) is 12.2. The van der Waals surface area contributed by atoms with Gasteiger partial charge in [0.05, 0.1) is 0 Å². The monoisotopic (exact) mass is 186 g/mol. The molecule has 0 radical (unpaired) electrons. The van der Waals surface area contributed by atoms with Crippen molar-refractivity contribution < 1.29 is 0 Å². The highest BCUT2D eigenvalue weighted by Crippen LogP contribution is 2.50. The van der Waals surface area contributed by atoms with Crippen LogP contribution in [0.15, 0.2) is 11.9 Å². The molecule has 1 heteroatoms. The third-order valence-electron chi connectivity index (χ3n) is 2.70. The van der Waals surface area contributed by atoms with E-state index in [1.165, 1.54) is 5.31 Å². The molecule has 0 aliphatic carbocycles. The van der Waals surface area contributed by atoms with Crippen molar-refractivity contribution in [3.8, 4) is 0 Å². The predicted molar refractivity (Wildman–Crippen MR) is 61.1 cm³/mol. The highest BCUT2D eigenvalue weighted by atomic mass is 31.1. The van der Waals surface area contributed by atoms with Gasteiger partial charge in [-0.25, -0.2) is 0 Å². The Labute approximate surface area is 79.2 Å². The number of rotatable bonds is 4. The summed E-state index contributed by atoms with van der Waals surface area (Å²) in [5.74, 6) is 1.44. The van der Waals surface area contributed by atoms with E-state index in [0.29, 0.717) is 5.92 Å². The Bertz CT molecular complexity index is 147. The summed E-state index contributed by atoms with van der Waals surface area (Å²) in [7, 11) is 0.0237. The third-order valence-corrected chi connectivity index (χ3v) is 5.94. The average Bonchev–Trinajstić information content (AvgIpc) is 2.00. The van der Waals surface area contributed by atoms with Crippen molar-refractivity contribution in [1.29, 1.82) is 0 Å². The van der Waals surface area contributed by atoms with Crippen LogP contribution in [0.1, 0.15) is 34.6 Å². The van der Waals surface area contributed by atoms with Gasteiger partial charge in [0.1, 0.15) is 0 Å². The van der Waals surface area contributed by atoms with Gasteiger partial charge in [-0.2, -0.15) is 0 Å². The van der Waals surface area contributed by atoms with Crippen molar-refractivity contribution in [2.45, 2.75) is 40.3 Å². The number of hydrogen-bond donors (Lipinski definition) is 0. The second-order valence-corrected chi connectivity index (χ2v) is 6.85. The molecule has 0 spiro atoms. The maximum atomic E-state index is 4.19. The first-order valence-electron chi connectivity index (χ1n) is 4.79. The summed E-state index contributed by atoms with van der Waals surface area (Å²) < 4.78 is 0. The molecule has 0 aromatic rings. The van der Waals surface area contributed by atoms with Crippen molar-refractivity contribution in [3.05, 3.63) is 11.9 Å². The van der Waals surface area contributed by atoms with E-state index in [2.05, 4.69) is 47.9 Å².